The van der Waals surface area contributed by atoms with Crippen molar-refractivity contribution in [1.29, 1.82) is 0 Å². The first-order valence-corrected chi connectivity index (χ1v) is 13.4. The number of aromatic nitrogens is 2. The highest BCUT2D eigenvalue weighted by Gasteiger charge is 2.38. The molecule has 0 aliphatic carbocycles. The Morgan fingerprint density at radius 2 is 1.91 bits per heavy atom. The number of aryl methyl sites for hydroxylation is 2. The van der Waals surface area contributed by atoms with Gasteiger partial charge in [0.25, 0.3) is 10.0 Å². The average Bonchev–Trinajstić information content (AvgIpc) is 3.12. The van der Waals surface area contributed by atoms with E-state index < -0.39 is 43.7 Å². The fraction of sp³-hybridized carbons (Fsp3) is 0.474. The number of rotatable bonds is 7. The molecule has 10 nitrogen and oxygen atoms in total. The van der Waals surface area contributed by atoms with Crippen molar-refractivity contribution >= 4 is 43.1 Å². The maximum atomic E-state index is 13.6. The summed E-state index contributed by atoms with van der Waals surface area (Å²) < 4.78 is 58.4. The average molecular weight is 505 g/mol. The molecular weight excluding hydrogens is 480 g/mol. The number of halogens is 1. The van der Waals surface area contributed by atoms with Crippen LogP contribution in [0.25, 0.3) is 0 Å². The van der Waals surface area contributed by atoms with Gasteiger partial charge in [-0.1, -0.05) is 0 Å². The minimum absolute atomic E-state index is 0.00211. The van der Waals surface area contributed by atoms with Crippen LogP contribution in [0.4, 0.5) is 5.69 Å². The fourth-order valence-electron chi connectivity index (χ4n) is 3.62. The summed E-state index contributed by atoms with van der Waals surface area (Å²) in [7, 11) is -4.43. The van der Waals surface area contributed by atoms with E-state index in [1.54, 1.807) is 33.0 Å². The molecule has 1 fully saturated rings. The Labute approximate surface area is 192 Å². The summed E-state index contributed by atoms with van der Waals surface area (Å²) >= 11 is 6.07. The molecule has 1 amide bonds. The number of amides is 1. The van der Waals surface area contributed by atoms with Gasteiger partial charge in [0.1, 0.15) is 17.2 Å². The maximum absolute atomic E-state index is 13.6. The zero-order valence-electron chi connectivity index (χ0n) is 18.1. The Morgan fingerprint density at radius 1 is 1.28 bits per heavy atom. The summed E-state index contributed by atoms with van der Waals surface area (Å²) in [5.41, 5.74) is 0.959. The lowest BCUT2D eigenvalue weighted by atomic mass is 10.2. The third-order valence-electron chi connectivity index (χ3n) is 5.27. The molecule has 1 saturated heterocycles. The van der Waals surface area contributed by atoms with Crippen LogP contribution in [0.2, 0.25) is 0 Å². The number of nitrogens with one attached hydrogen (secondary N) is 1. The molecule has 3 rings (SSSR count). The number of benzene rings is 1. The largest absolute Gasteiger partial charge is 0.497 e. The number of methoxy groups -OCH3 is 1. The highest BCUT2D eigenvalue weighted by Crippen LogP contribution is 2.29. The summed E-state index contributed by atoms with van der Waals surface area (Å²) in [6.07, 6.45) is 0. The molecule has 176 valence electrons. The van der Waals surface area contributed by atoms with E-state index in [-0.39, 0.29) is 22.1 Å². The lowest BCUT2D eigenvalue weighted by molar-refractivity contribution is -0.120. The molecule has 1 aliphatic heterocycles. The Bertz CT molecular complexity index is 1230. The van der Waals surface area contributed by atoms with Gasteiger partial charge in [0, 0.05) is 7.05 Å². The normalized spacial score (nSPS) is 20.2. The van der Waals surface area contributed by atoms with Crippen molar-refractivity contribution in [3.63, 3.8) is 0 Å². The quantitative estimate of drug-likeness (QED) is 0.551. The van der Waals surface area contributed by atoms with Crippen molar-refractivity contribution in [2.75, 3.05) is 29.5 Å². The lowest BCUT2D eigenvalue weighted by Gasteiger charge is -2.25. The molecule has 1 aromatic carbocycles. The topological polar surface area (TPSA) is 128 Å². The summed E-state index contributed by atoms with van der Waals surface area (Å²) in [4.78, 5) is 12.8. The first-order chi connectivity index (χ1) is 14.9. The van der Waals surface area contributed by atoms with Gasteiger partial charge in [-0.3, -0.25) is 13.8 Å². The molecule has 2 atom stereocenters. The lowest BCUT2D eigenvalue weighted by Crippen LogP contribution is -2.47. The van der Waals surface area contributed by atoms with Crippen LogP contribution in [-0.2, 0) is 31.7 Å². The highest BCUT2D eigenvalue weighted by molar-refractivity contribution is 7.93. The molecule has 0 radical (unpaired) electrons. The van der Waals surface area contributed by atoms with E-state index >= 15 is 0 Å². The zero-order valence-corrected chi connectivity index (χ0v) is 20.5. The number of ether oxygens (including phenoxy) is 1. The first kappa shape index (κ1) is 24.3. The van der Waals surface area contributed by atoms with Crippen molar-refractivity contribution in [3.8, 4) is 5.75 Å². The Balaban J connectivity index is 1.96. The molecule has 0 bridgehead atoms. The van der Waals surface area contributed by atoms with Crippen molar-refractivity contribution in [2.45, 2.75) is 30.2 Å². The summed E-state index contributed by atoms with van der Waals surface area (Å²) in [5, 5.41) is 5.96. The van der Waals surface area contributed by atoms with E-state index in [4.69, 9.17) is 16.3 Å². The molecule has 0 saturated carbocycles. The summed E-state index contributed by atoms with van der Waals surface area (Å²) in [6.45, 7) is 2.64. The van der Waals surface area contributed by atoms with Crippen LogP contribution >= 0.6 is 11.6 Å². The molecule has 32 heavy (non-hydrogen) atoms. The first-order valence-electron chi connectivity index (χ1n) is 9.66. The second-order valence-electron chi connectivity index (χ2n) is 7.60. The van der Waals surface area contributed by atoms with Crippen LogP contribution in [0.15, 0.2) is 29.2 Å². The van der Waals surface area contributed by atoms with Gasteiger partial charge >= 0.3 is 0 Å². The third kappa shape index (κ3) is 4.86. The smallest absolute Gasteiger partial charge is 0.268 e. The molecule has 1 N–H and O–H groups in total. The number of alkyl halides is 1. The second kappa shape index (κ2) is 8.91. The van der Waals surface area contributed by atoms with Gasteiger partial charge < -0.3 is 10.1 Å². The molecule has 0 spiro atoms. The number of carbonyl (C=O) groups is 1. The number of sulfonamides is 1. The van der Waals surface area contributed by atoms with Crippen LogP contribution in [0.1, 0.15) is 11.4 Å². The predicted molar refractivity (Wildman–Crippen MR) is 120 cm³/mol. The van der Waals surface area contributed by atoms with Crippen molar-refractivity contribution in [2.24, 2.45) is 7.05 Å². The van der Waals surface area contributed by atoms with Crippen molar-refractivity contribution in [1.82, 2.24) is 15.1 Å². The van der Waals surface area contributed by atoms with E-state index in [2.05, 4.69) is 10.4 Å². The predicted octanol–water partition coefficient (Wildman–Crippen LogP) is 0.761. The Morgan fingerprint density at radius 3 is 2.38 bits per heavy atom. The molecule has 0 unspecified atom stereocenters. The van der Waals surface area contributed by atoms with Crippen molar-refractivity contribution in [3.05, 3.63) is 35.7 Å². The highest BCUT2D eigenvalue weighted by atomic mass is 35.5. The van der Waals surface area contributed by atoms with Gasteiger partial charge in [0.05, 0.1) is 47.1 Å². The Hall–Kier alpha value is -2.31. The zero-order chi connectivity index (χ0) is 23.8. The second-order valence-corrected chi connectivity index (χ2v) is 12.1. The van der Waals surface area contributed by atoms with E-state index in [0.717, 1.165) is 4.31 Å². The van der Waals surface area contributed by atoms with Gasteiger partial charge in [0.2, 0.25) is 5.91 Å². The third-order valence-corrected chi connectivity index (χ3v) is 9.67. The fourth-order valence-corrected chi connectivity index (χ4v) is 8.00. The number of sulfone groups is 1. The minimum Gasteiger partial charge on any atom is -0.497 e. The standard InChI is InChI=1S/C19H25ClN4O6S2/c1-12-19(13(2)23(3)22-12)32(28,29)24(14-5-7-15(30-4)8-6-14)9-18(25)21-17-11-31(26,27)10-16(17)20/h5-8,16-17H,9-11H2,1-4H3,(H,21,25)/t16-,17+/m1/s1. The van der Waals surface area contributed by atoms with Crippen molar-refractivity contribution < 1.29 is 26.4 Å². The van der Waals surface area contributed by atoms with E-state index in [9.17, 15) is 21.6 Å². The summed E-state index contributed by atoms with van der Waals surface area (Å²) in [6, 6.07) is 5.41. The minimum atomic E-state index is -4.18. The van der Waals surface area contributed by atoms with Gasteiger partial charge in [-0.05, 0) is 38.1 Å². The summed E-state index contributed by atoms with van der Waals surface area (Å²) in [5.74, 6) is -0.682. The molecular formula is C19H25ClN4O6S2. The van der Waals surface area contributed by atoms with Crippen LogP contribution in [0.5, 0.6) is 5.75 Å². The molecule has 13 heteroatoms. The van der Waals surface area contributed by atoms with Gasteiger partial charge in [-0.25, -0.2) is 16.8 Å². The number of nitrogens with zero attached hydrogens (tertiary/aromatic N) is 3. The van der Waals surface area contributed by atoms with Crippen LogP contribution < -0.4 is 14.4 Å². The van der Waals surface area contributed by atoms with Gasteiger partial charge in [0.15, 0.2) is 9.84 Å². The molecule has 2 aromatic rings. The molecule has 1 aromatic heterocycles. The SMILES string of the molecule is COc1ccc(N(CC(=O)N[C@H]2CS(=O)(=O)C[C@H]2Cl)S(=O)(=O)c2c(C)nn(C)c2C)cc1. The number of anilines is 1. The van der Waals surface area contributed by atoms with Crippen LogP contribution in [0, 0.1) is 13.8 Å². The van der Waals surface area contributed by atoms with Gasteiger partial charge in [-0.15, -0.1) is 11.6 Å². The number of hydrogen-bond acceptors (Lipinski definition) is 7. The molecule has 1 aliphatic rings. The van der Waals surface area contributed by atoms with E-state index in [0.29, 0.717) is 17.1 Å². The van der Waals surface area contributed by atoms with Gasteiger partial charge in [-0.2, -0.15) is 5.10 Å². The van der Waals surface area contributed by atoms with E-state index in [1.165, 1.54) is 23.9 Å². The number of carbonyl (C=O) groups excluding carboxylic acids is 1. The monoisotopic (exact) mass is 504 g/mol. The Kier molecular flexibility index (Phi) is 6.78. The molecule has 2 heterocycles. The van der Waals surface area contributed by atoms with Crippen LogP contribution in [0.3, 0.4) is 0 Å². The number of hydrogen-bond donors (Lipinski definition) is 1. The maximum Gasteiger partial charge on any atom is 0.268 e. The van der Waals surface area contributed by atoms with Crippen LogP contribution in [-0.4, -0.2) is 69.1 Å². The van der Waals surface area contributed by atoms with E-state index in [1.807, 2.05) is 0 Å².